The molecule has 3 aromatic heterocycles. The second-order valence-electron chi connectivity index (χ2n) is 6.85. The Balaban J connectivity index is 1.87. The summed E-state index contributed by atoms with van der Waals surface area (Å²) in [7, 11) is 6.21. The zero-order valence-corrected chi connectivity index (χ0v) is 15.1. The van der Waals surface area contributed by atoms with Crippen LogP contribution in [-0.2, 0) is 7.05 Å². The van der Waals surface area contributed by atoms with Crippen molar-refractivity contribution < 1.29 is 0 Å². The summed E-state index contributed by atoms with van der Waals surface area (Å²) in [5.74, 6) is 1.63. The lowest BCUT2D eigenvalue weighted by atomic mass is 10.2. The predicted molar refractivity (Wildman–Crippen MR) is 98.6 cm³/mol. The Kier molecular flexibility index (Phi) is 3.88. The Morgan fingerprint density at radius 3 is 2.72 bits per heavy atom. The molecule has 4 rings (SSSR count). The van der Waals surface area contributed by atoms with Crippen molar-refractivity contribution in [1.82, 2.24) is 29.6 Å². The van der Waals surface area contributed by atoms with Crippen molar-refractivity contribution in [3.63, 3.8) is 0 Å². The molecule has 0 aromatic carbocycles. The quantitative estimate of drug-likeness (QED) is 0.727. The van der Waals surface area contributed by atoms with Gasteiger partial charge in [0.05, 0.1) is 11.1 Å². The van der Waals surface area contributed by atoms with Gasteiger partial charge >= 0.3 is 0 Å². The van der Waals surface area contributed by atoms with E-state index in [1.807, 2.05) is 36.9 Å². The highest BCUT2D eigenvalue weighted by molar-refractivity contribution is 5.91. The third kappa shape index (κ3) is 2.74. The van der Waals surface area contributed by atoms with Crippen molar-refractivity contribution in [3.05, 3.63) is 30.1 Å². The molecule has 1 atom stereocenters. The SMILES string of the molecule is Cc1nn(C)c2nc(-c3ccccn3)nc(N3CC[C@@H](N(C)C)C3)c12. The predicted octanol–water partition coefficient (Wildman–Crippen LogP) is 1.87. The lowest BCUT2D eigenvalue weighted by molar-refractivity contribution is 0.315. The van der Waals surface area contributed by atoms with E-state index in [1.165, 1.54) is 0 Å². The van der Waals surface area contributed by atoms with Gasteiger partial charge in [-0.15, -0.1) is 0 Å². The molecule has 0 amide bonds. The summed E-state index contributed by atoms with van der Waals surface area (Å²) >= 11 is 0. The fraction of sp³-hybridized carbons (Fsp3) is 0.444. The average molecular weight is 337 g/mol. The van der Waals surface area contributed by atoms with E-state index in [0.717, 1.165) is 47.7 Å². The molecule has 130 valence electrons. The highest BCUT2D eigenvalue weighted by atomic mass is 15.3. The highest BCUT2D eigenvalue weighted by Crippen LogP contribution is 2.31. The first-order valence-corrected chi connectivity index (χ1v) is 8.58. The summed E-state index contributed by atoms with van der Waals surface area (Å²) in [5, 5.41) is 5.61. The van der Waals surface area contributed by atoms with Crippen LogP contribution < -0.4 is 4.90 Å². The third-order valence-corrected chi connectivity index (χ3v) is 4.93. The van der Waals surface area contributed by atoms with Gasteiger partial charge < -0.3 is 9.80 Å². The van der Waals surface area contributed by atoms with E-state index in [9.17, 15) is 0 Å². The number of aryl methyl sites for hydroxylation is 2. The van der Waals surface area contributed by atoms with Crippen molar-refractivity contribution in [3.8, 4) is 11.5 Å². The molecule has 4 heterocycles. The van der Waals surface area contributed by atoms with Gasteiger partial charge in [-0.2, -0.15) is 5.10 Å². The Hall–Kier alpha value is -2.54. The number of nitrogens with zero attached hydrogens (tertiary/aromatic N) is 7. The highest BCUT2D eigenvalue weighted by Gasteiger charge is 2.28. The first-order valence-electron chi connectivity index (χ1n) is 8.58. The van der Waals surface area contributed by atoms with E-state index in [2.05, 4.69) is 34.0 Å². The van der Waals surface area contributed by atoms with Gasteiger partial charge in [-0.05, 0) is 39.6 Å². The van der Waals surface area contributed by atoms with Crippen LogP contribution in [0.15, 0.2) is 24.4 Å². The van der Waals surface area contributed by atoms with Crippen LogP contribution in [0.5, 0.6) is 0 Å². The Morgan fingerprint density at radius 2 is 2.04 bits per heavy atom. The van der Waals surface area contributed by atoms with Crippen LogP contribution in [-0.4, -0.2) is 62.9 Å². The topological polar surface area (TPSA) is 63.0 Å². The smallest absolute Gasteiger partial charge is 0.182 e. The Morgan fingerprint density at radius 1 is 1.20 bits per heavy atom. The average Bonchev–Trinajstić information content (AvgIpc) is 3.21. The van der Waals surface area contributed by atoms with Crippen molar-refractivity contribution in [2.75, 3.05) is 32.1 Å². The van der Waals surface area contributed by atoms with Crippen LogP contribution >= 0.6 is 0 Å². The lowest BCUT2D eigenvalue weighted by Gasteiger charge is -2.22. The van der Waals surface area contributed by atoms with Gasteiger partial charge in [-0.25, -0.2) is 9.97 Å². The maximum Gasteiger partial charge on any atom is 0.182 e. The van der Waals surface area contributed by atoms with Gasteiger partial charge in [0.15, 0.2) is 11.5 Å². The van der Waals surface area contributed by atoms with Gasteiger partial charge in [-0.3, -0.25) is 9.67 Å². The number of likely N-dealkylation sites (N-methyl/N-ethyl adjacent to an activating group) is 1. The maximum atomic E-state index is 4.90. The minimum absolute atomic E-state index is 0.542. The van der Waals surface area contributed by atoms with Crippen LogP contribution in [0, 0.1) is 6.92 Å². The lowest BCUT2D eigenvalue weighted by Crippen LogP contribution is -2.31. The van der Waals surface area contributed by atoms with Gasteiger partial charge in [0, 0.05) is 32.4 Å². The molecule has 7 nitrogen and oxygen atoms in total. The number of pyridine rings is 1. The molecule has 1 fully saturated rings. The fourth-order valence-corrected chi connectivity index (χ4v) is 3.51. The largest absolute Gasteiger partial charge is 0.354 e. The molecule has 25 heavy (non-hydrogen) atoms. The number of anilines is 1. The fourth-order valence-electron chi connectivity index (χ4n) is 3.51. The molecule has 0 unspecified atom stereocenters. The van der Waals surface area contributed by atoms with E-state index >= 15 is 0 Å². The summed E-state index contributed by atoms with van der Waals surface area (Å²) < 4.78 is 1.84. The zero-order valence-electron chi connectivity index (χ0n) is 15.1. The van der Waals surface area contributed by atoms with Crippen LogP contribution in [0.2, 0.25) is 0 Å². The molecular formula is C18H23N7. The number of fused-ring (bicyclic) bond motifs is 1. The molecule has 0 N–H and O–H groups in total. The van der Waals surface area contributed by atoms with E-state index in [4.69, 9.17) is 9.97 Å². The molecule has 1 saturated heterocycles. The molecule has 1 aliphatic heterocycles. The van der Waals surface area contributed by atoms with Crippen molar-refractivity contribution in [1.29, 1.82) is 0 Å². The summed E-state index contributed by atoms with van der Waals surface area (Å²) in [5.41, 5.74) is 2.61. The van der Waals surface area contributed by atoms with Crippen LogP contribution in [0.1, 0.15) is 12.1 Å². The number of hydrogen-bond acceptors (Lipinski definition) is 6. The monoisotopic (exact) mass is 337 g/mol. The van der Waals surface area contributed by atoms with Crippen molar-refractivity contribution >= 4 is 16.9 Å². The molecule has 0 saturated carbocycles. The molecule has 7 heteroatoms. The Labute approximate surface area is 147 Å². The summed E-state index contributed by atoms with van der Waals surface area (Å²) in [6.07, 6.45) is 2.91. The maximum absolute atomic E-state index is 4.90. The van der Waals surface area contributed by atoms with Gasteiger partial charge in [0.25, 0.3) is 0 Å². The minimum Gasteiger partial charge on any atom is -0.354 e. The summed E-state index contributed by atoms with van der Waals surface area (Å²) in [4.78, 5) is 18.7. The van der Waals surface area contributed by atoms with Gasteiger partial charge in [-0.1, -0.05) is 6.07 Å². The van der Waals surface area contributed by atoms with Gasteiger partial charge in [0.2, 0.25) is 0 Å². The van der Waals surface area contributed by atoms with E-state index in [-0.39, 0.29) is 0 Å². The van der Waals surface area contributed by atoms with Crippen molar-refractivity contribution in [2.45, 2.75) is 19.4 Å². The number of aromatic nitrogens is 5. The van der Waals surface area contributed by atoms with E-state index in [1.54, 1.807) is 6.20 Å². The molecule has 0 aliphatic carbocycles. The summed E-state index contributed by atoms with van der Waals surface area (Å²) in [6, 6.07) is 6.35. The molecule has 0 spiro atoms. The molecule has 3 aromatic rings. The van der Waals surface area contributed by atoms with Crippen molar-refractivity contribution in [2.24, 2.45) is 7.05 Å². The third-order valence-electron chi connectivity index (χ3n) is 4.93. The van der Waals surface area contributed by atoms with E-state index < -0.39 is 0 Å². The molecule has 0 bridgehead atoms. The minimum atomic E-state index is 0.542. The standard InChI is InChI=1S/C18H23N7/c1-12-15-17(24(4)22-12)20-16(14-7-5-6-9-19-14)21-18(15)25-10-8-13(11-25)23(2)3/h5-7,9,13H,8,10-11H2,1-4H3/t13-/m1/s1. The zero-order chi connectivity index (χ0) is 17.6. The van der Waals surface area contributed by atoms with Crippen LogP contribution in [0.3, 0.4) is 0 Å². The normalized spacial score (nSPS) is 17.8. The van der Waals surface area contributed by atoms with Crippen LogP contribution in [0.25, 0.3) is 22.6 Å². The Bertz CT molecular complexity index is 901. The van der Waals surface area contributed by atoms with E-state index in [0.29, 0.717) is 11.9 Å². The second kappa shape index (κ2) is 6.07. The van der Waals surface area contributed by atoms with Gasteiger partial charge in [0.1, 0.15) is 11.5 Å². The molecule has 0 radical (unpaired) electrons. The summed E-state index contributed by atoms with van der Waals surface area (Å²) in [6.45, 7) is 3.98. The first kappa shape index (κ1) is 16.0. The molecule has 1 aliphatic rings. The number of hydrogen-bond donors (Lipinski definition) is 0. The number of rotatable bonds is 3. The second-order valence-corrected chi connectivity index (χ2v) is 6.85. The van der Waals surface area contributed by atoms with Crippen LogP contribution in [0.4, 0.5) is 5.82 Å². The molecular weight excluding hydrogens is 314 g/mol. The first-order chi connectivity index (χ1) is 12.0.